The zero-order chi connectivity index (χ0) is 10.9. The third kappa shape index (κ3) is 5.13. The van der Waals surface area contributed by atoms with Crippen LogP contribution >= 0.6 is 11.3 Å². The van der Waals surface area contributed by atoms with Gasteiger partial charge in [-0.1, -0.05) is 0 Å². The second kappa shape index (κ2) is 7.64. The van der Waals surface area contributed by atoms with Crippen LogP contribution in [-0.4, -0.2) is 31.5 Å². The van der Waals surface area contributed by atoms with Gasteiger partial charge in [-0.05, 0) is 24.4 Å². The highest BCUT2D eigenvalue weighted by Crippen LogP contribution is 2.17. The van der Waals surface area contributed by atoms with Gasteiger partial charge in [-0.3, -0.25) is 0 Å². The van der Waals surface area contributed by atoms with E-state index in [9.17, 15) is 0 Å². The molecule has 1 rings (SSSR count). The Morgan fingerprint density at radius 1 is 1.47 bits per heavy atom. The Morgan fingerprint density at radius 3 is 3.00 bits per heavy atom. The van der Waals surface area contributed by atoms with Crippen molar-refractivity contribution in [2.24, 2.45) is 0 Å². The fraction of sp³-hybridized carbons (Fsp3) is 0.600. The van der Waals surface area contributed by atoms with Crippen molar-refractivity contribution in [3.63, 3.8) is 0 Å². The lowest BCUT2D eigenvalue weighted by Crippen LogP contribution is -2.16. The second-order valence-electron chi connectivity index (χ2n) is 3.17. The number of hydrogen-bond donors (Lipinski definition) is 3. The minimum absolute atomic E-state index is 0.0964. The van der Waals surface area contributed by atoms with Crippen LogP contribution in [0.15, 0.2) is 11.4 Å². The lowest BCUT2D eigenvalue weighted by molar-refractivity contribution is 0.0907. The third-order valence-corrected chi connectivity index (χ3v) is 2.88. The zero-order valence-corrected chi connectivity index (χ0v) is 9.55. The molecule has 1 aromatic rings. The van der Waals surface area contributed by atoms with Crippen LogP contribution in [0.1, 0.15) is 11.3 Å². The normalized spacial score (nSPS) is 10.7. The van der Waals surface area contributed by atoms with E-state index in [2.05, 4.69) is 5.32 Å². The van der Waals surface area contributed by atoms with Gasteiger partial charge in [0.15, 0.2) is 0 Å². The van der Waals surface area contributed by atoms with E-state index in [0.29, 0.717) is 13.2 Å². The number of nitrogen functional groups attached to an aromatic ring is 1. The number of aliphatic hydroxyl groups is 1. The molecule has 0 bridgehead atoms. The molecule has 0 aliphatic rings. The number of nitrogens with two attached hydrogens (primary N) is 1. The first-order valence-electron chi connectivity index (χ1n) is 5.05. The van der Waals surface area contributed by atoms with Gasteiger partial charge in [0.25, 0.3) is 0 Å². The average Bonchev–Trinajstić information content (AvgIpc) is 2.63. The van der Waals surface area contributed by atoms with Crippen molar-refractivity contribution in [3.05, 3.63) is 16.3 Å². The van der Waals surface area contributed by atoms with Gasteiger partial charge < -0.3 is 20.9 Å². The molecule has 0 radical (unpaired) electrons. The minimum atomic E-state index is 0.0964. The molecule has 0 unspecified atom stereocenters. The lowest BCUT2D eigenvalue weighted by atomic mass is 10.4. The average molecular weight is 230 g/mol. The fourth-order valence-corrected chi connectivity index (χ4v) is 1.93. The van der Waals surface area contributed by atoms with E-state index in [0.717, 1.165) is 25.2 Å². The van der Waals surface area contributed by atoms with Gasteiger partial charge in [0.1, 0.15) is 0 Å². The van der Waals surface area contributed by atoms with Gasteiger partial charge in [0, 0.05) is 23.7 Å². The number of thiophene rings is 1. The molecule has 0 saturated heterocycles. The Morgan fingerprint density at radius 2 is 2.33 bits per heavy atom. The van der Waals surface area contributed by atoms with Crippen molar-refractivity contribution >= 4 is 17.0 Å². The number of hydrogen-bond acceptors (Lipinski definition) is 5. The smallest absolute Gasteiger partial charge is 0.0697 e. The summed E-state index contributed by atoms with van der Waals surface area (Å²) < 4.78 is 5.13. The minimum Gasteiger partial charge on any atom is -0.398 e. The van der Waals surface area contributed by atoms with E-state index >= 15 is 0 Å². The van der Waals surface area contributed by atoms with E-state index in [1.165, 1.54) is 4.88 Å². The number of anilines is 1. The molecular weight excluding hydrogens is 212 g/mol. The summed E-state index contributed by atoms with van der Waals surface area (Å²) in [5, 5.41) is 13.8. The quantitative estimate of drug-likeness (QED) is 0.578. The molecule has 0 aromatic carbocycles. The molecule has 4 nitrogen and oxygen atoms in total. The summed E-state index contributed by atoms with van der Waals surface area (Å²) in [6, 6.07) is 1.92. The van der Waals surface area contributed by atoms with Gasteiger partial charge >= 0.3 is 0 Å². The van der Waals surface area contributed by atoms with Crippen LogP contribution in [-0.2, 0) is 11.3 Å². The molecule has 86 valence electrons. The van der Waals surface area contributed by atoms with E-state index in [4.69, 9.17) is 15.6 Å². The molecule has 0 fully saturated rings. The summed E-state index contributed by atoms with van der Waals surface area (Å²) in [6.07, 6.45) is 0.950. The number of nitrogens with one attached hydrogen (secondary N) is 1. The zero-order valence-electron chi connectivity index (χ0n) is 8.74. The van der Waals surface area contributed by atoms with E-state index in [1.807, 2.05) is 11.4 Å². The summed E-state index contributed by atoms with van der Waals surface area (Å²) in [5.74, 6) is 0. The molecule has 0 saturated carbocycles. The highest BCUT2D eigenvalue weighted by atomic mass is 32.1. The van der Waals surface area contributed by atoms with Crippen molar-refractivity contribution in [2.45, 2.75) is 13.0 Å². The maximum absolute atomic E-state index is 8.47. The largest absolute Gasteiger partial charge is 0.398 e. The maximum Gasteiger partial charge on any atom is 0.0697 e. The monoisotopic (exact) mass is 230 g/mol. The number of aliphatic hydroxyl groups excluding tert-OH is 1. The van der Waals surface area contributed by atoms with Gasteiger partial charge in [-0.15, -0.1) is 11.3 Å². The highest BCUT2D eigenvalue weighted by molar-refractivity contribution is 7.10. The van der Waals surface area contributed by atoms with Crippen LogP contribution in [0.25, 0.3) is 0 Å². The predicted octanol–water partition coefficient (Wildman–Crippen LogP) is 0.819. The van der Waals surface area contributed by atoms with Gasteiger partial charge in [0.05, 0.1) is 13.2 Å². The van der Waals surface area contributed by atoms with E-state index < -0.39 is 0 Å². The number of rotatable bonds is 8. The van der Waals surface area contributed by atoms with Gasteiger partial charge in [-0.2, -0.15) is 0 Å². The summed E-state index contributed by atoms with van der Waals surface area (Å²) in [5.41, 5.74) is 6.60. The third-order valence-electron chi connectivity index (χ3n) is 1.94. The molecule has 0 atom stereocenters. The van der Waals surface area contributed by atoms with Crippen LogP contribution in [0, 0.1) is 0 Å². The summed E-state index contributed by atoms with van der Waals surface area (Å²) >= 11 is 1.67. The molecule has 1 aromatic heterocycles. The first-order valence-corrected chi connectivity index (χ1v) is 5.93. The second-order valence-corrected chi connectivity index (χ2v) is 4.17. The highest BCUT2D eigenvalue weighted by Gasteiger charge is 1.98. The van der Waals surface area contributed by atoms with Crippen molar-refractivity contribution in [3.8, 4) is 0 Å². The van der Waals surface area contributed by atoms with Crippen molar-refractivity contribution in [2.75, 3.05) is 32.1 Å². The van der Waals surface area contributed by atoms with Crippen molar-refractivity contribution in [1.82, 2.24) is 5.32 Å². The Balaban J connectivity index is 1.96. The Hall–Kier alpha value is -0.620. The Kier molecular flexibility index (Phi) is 6.34. The van der Waals surface area contributed by atoms with Crippen LogP contribution in [0.3, 0.4) is 0 Å². The molecule has 0 aliphatic heterocycles. The lowest BCUT2D eigenvalue weighted by Gasteiger charge is -2.04. The summed E-state index contributed by atoms with van der Waals surface area (Å²) in [7, 11) is 0. The van der Waals surface area contributed by atoms with Crippen LogP contribution in [0.2, 0.25) is 0 Å². The first-order chi connectivity index (χ1) is 7.34. The molecule has 4 N–H and O–H groups in total. The standard InChI is InChI=1S/C10H18N2O2S/c11-9-2-7-15-10(9)8-12-3-1-5-14-6-4-13/h2,7,12-13H,1,3-6,8,11H2. The molecule has 0 aliphatic carbocycles. The summed E-state index contributed by atoms with van der Waals surface area (Å²) in [4.78, 5) is 1.19. The molecule has 15 heavy (non-hydrogen) atoms. The van der Waals surface area contributed by atoms with Crippen molar-refractivity contribution in [1.29, 1.82) is 0 Å². The Labute approximate surface area is 94.1 Å². The van der Waals surface area contributed by atoms with Gasteiger partial charge in [0.2, 0.25) is 0 Å². The molecule has 0 spiro atoms. The topological polar surface area (TPSA) is 67.5 Å². The van der Waals surface area contributed by atoms with Crippen LogP contribution < -0.4 is 11.1 Å². The van der Waals surface area contributed by atoms with E-state index in [-0.39, 0.29) is 6.61 Å². The SMILES string of the molecule is Nc1ccsc1CNCCCOCCO. The molecule has 0 amide bonds. The first kappa shape index (κ1) is 12.4. The molecule has 5 heteroatoms. The number of ether oxygens (including phenoxy) is 1. The van der Waals surface area contributed by atoms with Crippen molar-refractivity contribution < 1.29 is 9.84 Å². The van der Waals surface area contributed by atoms with Gasteiger partial charge in [-0.25, -0.2) is 0 Å². The predicted molar refractivity (Wildman–Crippen MR) is 63.0 cm³/mol. The fourth-order valence-electron chi connectivity index (χ4n) is 1.16. The van der Waals surface area contributed by atoms with Crippen LogP contribution in [0.5, 0.6) is 0 Å². The Bertz CT molecular complexity index is 266. The van der Waals surface area contributed by atoms with E-state index in [1.54, 1.807) is 11.3 Å². The maximum atomic E-state index is 8.47. The summed E-state index contributed by atoms with van der Waals surface area (Å²) in [6.45, 7) is 2.94. The van der Waals surface area contributed by atoms with Crippen LogP contribution in [0.4, 0.5) is 5.69 Å². The molecular formula is C10H18N2O2S. The molecule has 1 heterocycles.